The molecule has 2 heterocycles. The lowest BCUT2D eigenvalue weighted by atomic mass is 9.97. The molecule has 6 atom stereocenters. The number of hydrogen-bond donors (Lipinski definition) is 2. The van der Waals surface area contributed by atoms with Crippen LogP contribution in [-0.2, 0) is 19.4 Å². The molecule has 214 valence electrons. The molecule has 2 aliphatic rings. The molecule has 0 spiro atoms. The van der Waals surface area contributed by atoms with Gasteiger partial charge in [-0.25, -0.2) is 12.8 Å². The van der Waals surface area contributed by atoms with Crippen molar-refractivity contribution in [3.05, 3.63) is 54.1 Å². The molecular formula is C27H32F4N2O5S. The number of nitrogens with zero attached hydrogens (tertiary/aromatic N) is 1. The van der Waals surface area contributed by atoms with Gasteiger partial charge in [-0.15, -0.1) is 0 Å². The number of benzene rings is 2. The Morgan fingerprint density at radius 1 is 1.15 bits per heavy atom. The fourth-order valence-electron chi connectivity index (χ4n) is 5.25. The van der Waals surface area contributed by atoms with E-state index in [1.54, 1.807) is 26.0 Å². The highest BCUT2D eigenvalue weighted by atomic mass is 32.2. The van der Waals surface area contributed by atoms with E-state index in [2.05, 4.69) is 5.32 Å². The molecule has 2 saturated heterocycles. The van der Waals surface area contributed by atoms with Crippen molar-refractivity contribution in [1.82, 2.24) is 10.2 Å². The molecule has 0 radical (unpaired) electrons. The summed E-state index contributed by atoms with van der Waals surface area (Å²) in [5.74, 6) is -0.874. The van der Waals surface area contributed by atoms with Gasteiger partial charge >= 0.3 is 6.18 Å². The maximum absolute atomic E-state index is 14.5. The van der Waals surface area contributed by atoms with Crippen LogP contribution in [0.4, 0.5) is 17.6 Å². The van der Waals surface area contributed by atoms with E-state index < -0.39 is 58.4 Å². The molecule has 0 saturated carbocycles. The summed E-state index contributed by atoms with van der Waals surface area (Å²) in [4.78, 5) is 14.7. The first kappa shape index (κ1) is 29.4. The standard InChI is InChI=1S/C27H32F4N2O5S/c1-15(2)11-21(26(35)33-13-20(28)24-23(33)22(34)14-38-24)32-25(27(29,30)31)17-9-7-16(8-10-17)18-5-4-6-19(12-18)39(3,36)37/h4-10,12,15,20-25,32,34H,11,13-14H2,1-3H3/t20-,21-,22-,23+,24+,25?/m0/s1. The summed E-state index contributed by atoms with van der Waals surface area (Å²) >= 11 is 0. The number of carbonyl (C=O) groups is 1. The Morgan fingerprint density at radius 3 is 2.41 bits per heavy atom. The summed E-state index contributed by atoms with van der Waals surface area (Å²) in [6.07, 6.45) is -7.30. The molecule has 2 fully saturated rings. The van der Waals surface area contributed by atoms with E-state index in [0.717, 1.165) is 11.2 Å². The number of aliphatic hydroxyl groups is 1. The lowest BCUT2D eigenvalue weighted by Crippen LogP contribution is -2.54. The Kier molecular flexibility index (Phi) is 8.42. The maximum atomic E-state index is 14.5. The normalized spacial score (nSPS) is 25.1. The number of carbonyl (C=O) groups excluding carboxylic acids is 1. The smallest absolute Gasteiger partial charge is 0.388 e. The second-order valence-electron chi connectivity index (χ2n) is 10.6. The number of ether oxygens (including phenoxy) is 1. The Bertz CT molecular complexity index is 1290. The number of nitrogens with one attached hydrogen (secondary N) is 1. The van der Waals surface area contributed by atoms with E-state index in [1.165, 1.54) is 36.4 Å². The van der Waals surface area contributed by atoms with Gasteiger partial charge in [-0.2, -0.15) is 13.2 Å². The molecule has 2 aromatic rings. The van der Waals surface area contributed by atoms with Crippen molar-refractivity contribution in [3.8, 4) is 11.1 Å². The topological polar surface area (TPSA) is 95.9 Å². The average molecular weight is 573 g/mol. The van der Waals surface area contributed by atoms with Crippen LogP contribution < -0.4 is 5.32 Å². The number of amides is 1. The molecule has 2 aromatic carbocycles. The van der Waals surface area contributed by atoms with Crippen LogP contribution in [0.3, 0.4) is 0 Å². The van der Waals surface area contributed by atoms with E-state index in [0.29, 0.717) is 11.1 Å². The van der Waals surface area contributed by atoms with Crippen LogP contribution in [0.15, 0.2) is 53.4 Å². The zero-order chi connectivity index (χ0) is 28.7. The molecule has 39 heavy (non-hydrogen) atoms. The number of rotatable bonds is 8. The van der Waals surface area contributed by atoms with Crippen molar-refractivity contribution in [2.75, 3.05) is 19.4 Å². The van der Waals surface area contributed by atoms with Gasteiger partial charge in [0.15, 0.2) is 9.84 Å². The number of hydrogen-bond acceptors (Lipinski definition) is 6. The molecule has 1 amide bonds. The van der Waals surface area contributed by atoms with Crippen LogP contribution in [-0.4, -0.2) is 80.4 Å². The monoisotopic (exact) mass is 572 g/mol. The maximum Gasteiger partial charge on any atom is 0.407 e. The first-order chi connectivity index (χ1) is 18.2. The highest BCUT2D eigenvalue weighted by Gasteiger charge is 2.54. The molecule has 4 rings (SSSR count). The first-order valence-corrected chi connectivity index (χ1v) is 14.5. The lowest BCUT2D eigenvalue weighted by Gasteiger charge is -2.33. The van der Waals surface area contributed by atoms with Gasteiger partial charge in [0.25, 0.3) is 0 Å². The largest absolute Gasteiger partial charge is 0.407 e. The van der Waals surface area contributed by atoms with Crippen molar-refractivity contribution >= 4 is 15.7 Å². The predicted octanol–water partition coefficient (Wildman–Crippen LogP) is 3.67. The Balaban J connectivity index is 1.61. The molecule has 1 unspecified atom stereocenters. The summed E-state index contributed by atoms with van der Waals surface area (Å²) < 4.78 is 86.5. The summed E-state index contributed by atoms with van der Waals surface area (Å²) in [6.45, 7) is 3.02. The summed E-state index contributed by atoms with van der Waals surface area (Å²) in [6, 6.07) is 7.13. The molecule has 0 bridgehead atoms. The van der Waals surface area contributed by atoms with Gasteiger partial charge in [0.1, 0.15) is 24.4 Å². The van der Waals surface area contributed by atoms with Gasteiger partial charge in [-0.3, -0.25) is 10.1 Å². The molecule has 0 aromatic heterocycles. The van der Waals surface area contributed by atoms with Crippen LogP contribution in [0.2, 0.25) is 0 Å². The van der Waals surface area contributed by atoms with E-state index in [4.69, 9.17) is 4.74 Å². The number of likely N-dealkylation sites (tertiary alicyclic amines) is 1. The number of sulfone groups is 1. The SMILES string of the molecule is CC(C)C[C@H](NC(c1ccc(-c2cccc(S(C)(=O)=O)c2)cc1)C(F)(F)F)C(=O)N1C[C@H](F)[C@H]2OC[C@H](O)[C@H]21. The van der Waals surface area contributed by atoms with Crippen LogP contribution in [0.1, 0.15) is 31.9 Å². The second-order valence-corrected chi connectivity index (χ2v) is 12.6. The van der Waals surface area contributed by atoms with Crippen molar-refractivity contribution in [3.63, 3.8) is 0 Å². The number of aliphatic hydroxyl groups excluding tert-OH is 1. The number of alkyl halides is 4. The fraction of sp³-hybridized carbons (Fsp3) is 0.519. The van der Waals surface area contributed by atoms with Gasteiger partial charge in [0, 0.05) is 6.26 Å². The van der Waals surface area contributed by atoms with Crippen LogP contribution in [0.25, 0.3) is 11.1 Å². The van der Waals surface area contributed by atoms with Gasteiger partial charge < -0.3 is 14.7 Å². The van der Waals surface area contributed by atoms with Crippen molar-refractivity contribution in [2.45, 2.75) is 67.8 Å². The van der Waals surface area contributed by atoms with E-state index in [1.807, 2.05) is 0 Å². The number of fused-ring (bicyclic) bond motifs is 1. The third-order valence-electron chi connectivity index (χ3n) is 7.10. The highest BCUT2D eigenvalue weighted by molar-refractivity contribution is 7.90. The third kappa shape index (κ3) is 6.45. The van der Waals surface area contributed by atoms with Gasteiger partial charge in [0.2, 0.25) is 5.91 Å². The fourth-order valence-corrected chi connectivity index (χ4v) is 5.91. The second kappa shape index (κ2) is 11.1. The summed E-state index contributed by atoms with van der Waals surface area (Å²) in [7, 11) is -3.47. The zero-order valence-electron chi connectivity index (χ0n) is 21.7. The molecular weight excluding hydrogens is 540 g/mol. The number of halogens is 4. The summed E-state index contributed by atoms with van der Waals surface area (Å²) in [5.41, 5.74) is 0.904. The Labute approximate surface area is 225 Å². The van der Waals surface area contributed by atoms with Crippen LogP contribution >= 0.6 is 0 Å². The molecule has 7 nitrogen and oxygen atoms in total. The van der Waals surface area contributed by atoms with Crippen LogP contribution in [0.5, 0.6) is 0 Å². The van der Waals surface area contributed by atoms with E-state index in [9.17, 15) is 35.9 Å². The first-order valence-electron chi connectivity index (χ1n) is 12.6. The Morgan fingerprint density at radius 2 is 1.82 bits per heavy atom. The van der Waals surface area contributed by atoms with Crippen molar-refractivity contribution in [1.29, 1.82) is 0 Å². The lowest BCUT2D eigenvalue weighted by molar-refractivity contribution is -0.163. The van der Waals surface area contributed by atoms with Crippen molar-refractivity contribution in [2.24, 2.45) is 5.92 Å². The van der Waals surface area contributed by atoms with Crippen LogP contribution in [0, 0.1) is 5.92 Å². The molecule has 0 aliphatic carbocycles. The minimum atomic E-state index is -4.76. The minimum Gasteiger partial charge on any atom is -0.388 e. The van der Waals surface area contributed by atoms with Gasteiger partial charge in [-0.1, -0.05) is 50.2 Å². The van der Waals surface area contributed by atoms with E-state index in [-0.39, 0.29) is 35.9 Å². The third-order valence-corrected chi connectivity index (χ3v) is 8.21. The van der Waals surface area contributed by atoms with E-state index >= 15 is 0 Å². The predicted molar refractivity (Wildman–Crippen MR) is 136 cm³/mol. The summed E-state index contributed by atoms with van der Waals surface area (Å²) in [5, 5.41) is 12.7. The average Bonchev–Trinajstić information content (AvgIpc) is 3.40. The quantitative estimate of drug-likeness (QED) is 0.469. The molecule has 12 heteroatoms. The highest BCUT2D eigenvalue weighted by Crippen LogP contribution is 2.36. The molecule has 2 aliphatic heterocycles. The zero-order valence-corrected chi connectivity index (χ0v) is 22.5. The minimum absolute atomic E-state index is 0.0591. The molecule has 2 N–H and O–H groups in total. The Hall–Kier alpha value is -2.54. The van der Waals surface area contributed by atoms with Gasteiger partial charge in [-0.05, 0) is 41.2 Å². The van der Waals surface area contributed by atoms with Gasteiger partial charge in [0.05, 0.1) is 30.1 Å². The van der Waals surface area contributed by atoms with Crippen molar-refractivity contribution < 1.29 is 40.6 Å².